The summed E-state index contributed by atoms with van der Waals surface area (Å²) in [5.74, 6) is 1.56. The maximum atomic E-state index is 11.9. The molecule has 0 radical (unpaired) electrons. The third kappa shape index (κ3) is 6.19. The fourth-order valence-corrected chi connectivity index (χ4v) is 3.56. The molecule has 1 amide bonds. The van der Waals surface area contributed by atoms with Gasteiger partial charge < -0.3 is 10.2 Å². The molecule has 1 N–H and O–H groups in total. The number of halogens is 1. The normalized spacial score (nSPS) is 16.3. The van der Waals surface area contributed by atoms with E-state index in [2.05, 4.69) is 10.2 Å². The summed E-state index contributed by atoms with van der Waals surface area (Å²) in [5.41, 5.74) is 1.79. The Morgan fingerprint density at radius 3 is 2.68 bits per heavy atom. The molecule has 1 aliphatic heterocycles. The Morgan fingerprint density at radius 1 is 1.27 bits per heavy atom. The number of nitrogens with one attached hydrogen (secondary N) is 1. The number of anilines is 1. The number of hydrogen-bond donors (Lipinski definition) is 1. The van der Waals surface area contributed by atoms with Crippen molar-refractivity contribution in [2.24, 2.45) is 0 Å². The standard InChI is InChI=1S/C17H25ClN2OS/c1-14-6-7-15(12-16(14)18)19-17(21)13-22-11-10-20-8-4-2-3-5-9-20/h6-7,12H,2-5,8-11,13H2,1H3,(H,19,21). The van der Waals surface area contributed by atoms with Crippen LogP contribution in [0.2, 0.25) is 5.02 Å². The summed E-state index contributed by atoms with van der Waals surface area (Å²) >= 11 is 7.76. The number of likely N-dealkylation sites (tertiary alicyclic amines) is 1. The molecule has 5 heteroatoms. The zero-order chi connectivity index (χ0) is 15.8. The van der Waals surface area contributed by atoms with Gasteiger partial charge in [-0.15, -0.1) is 0 Å². The first-order valence-corrected chi connectivity index (χ1v) is 9.54. The SMILES string of the molecule is Cc1ccc(NC(=O)CSCCN2CCCCCC2)cc1Cl. The van der Waals surface area contributed by atoms with Gasteiger partial charge in [0.05, 0.1) is 5.75 Å². The summed E-state index contributed by atoms with van der Waals surface area (Å²) in [4.78, 5) is 14.5. The molecule has 22 heavy (non-hydrogen) atoms. The zero-order valence-corrected chi connectivity index (χ0v) is 14.8. The van der Waals surface area contributed by atoms with Gasteiger partial charge >= 0.3 is 0 Å². The zero-order valence-electron chi connectivity index (χ0n) is 13.2. The van der Waals surface area contributed by atoms with Crippen LogP contribution in [0.3, 0.4) is 0 Å². The van der Waals surface area contributed by atoms with Gasteiger partial charge in [0.15, 0.2) is 0 Å². The predicted molar refractivity (Wildman–Crippen MR) is 97.1 cm³/mol. The molecular formula is C17H25ClN2OS. The molecule has 3 nitrogen and oxygen atoms in total. The van der Waals surface area contributed by atoms with Crippen LogP contribution in [0.25, 0.3) is 0 Å². The van der Waals surface area contributed by atoms with Crippen LogP contribution in [-0.4, -0.2) is 41.9 Å². The first kappa shape index (κ1) is 17.6. The van der Waals surface area contributed by atoms with Gasteiger partial charge in [0.1, 0.15) is 0 Å². The molecule has 1 fully saturated rings. The van der Waals surface area contributed by atoms with Crippen molar-refractivity contribution in [2.45, 2.75) is 32.6 Å². The number of amides is 1. The molecule has 0 aliphatic carbocycles. The number of benzene rings is 1. The van der Waals surface area contributed by atoms with Crippen molar-refractivity contribution in [3.05, 3.63) is 28.8 Å². The molecule has 1 saturated heterocycles. The lowest BCUT2D eigenvalue weighted by Crippen LogP contribution is -2.27. The Morgan fingerprint density at radius 2 is 2.00 bits per heavy atom. The van der Waals surface area contributed by atoms with Crippen molar-refractivity contribution in [2.75, 3.05) is 36.5 Å². The van der Waals surface area contributed by atoms with Crippen LogP contribution in [0.1, 0.15) is 31.2 Å². The fourth-order valence-electron chi connectivity index (χ4n) is 2.59. The van der Waals surface area contributed by atoms with E-state index in [1.54, 1.807) is 17.8 Å². The summed E-state index contributed by atoms with van der Waals surface area (Å²) < 4.78 is 0. The Labute approximate surface area is 142 Å². The number of aryl methyl sites for hydroxylation is 1. The molecule has 2 rings (SSSR count). The Hall–Kier alpha value is -0.710. The van der Waals surface area contributed by atoms with Crippen molar-refractivity contribution in [3.8, 4) is 0 Å². The minimum atomic E-state index is 0.0424. The molecule has 0 unspecified atom stereocenters. The number of thioether (sulfide) groups is 1. The van der Waals surface area contributed by atoms with E-state index < -0.39 is 0 Å². The average Bonchev–Trinajstić information content (AvgIpc) is 2.76. The minimum absolute atomic E-state index is 0.0424. The van der Waals surface area contributed by atoms with Crippen LogP contribution in [0.15, 0.2) is 18.2 Å². The monoisotopic (exact) mass is 340 g/mol. The molecule has 0 saturated carbocycles. The number of hydrogen-bond acceptors (Lipinski definition) is 3. The van der Waals surface area contributed by atoms with E-state index in [1.165, 1.54) is 38.8 Å². The fraction of sp³-hybridized carbons (Fsp3) is 0.588. The number of carbonyl (C=O) groups is 1. The van der Waals surface area contributed by atoms with Crippen molar-refractivity contribution >= 4 is 35.0 Å². The van der Waals surface area contributed by atoms with Crippen LogP contribution >= 0.6 is 23.4 Å². The molecule has 0 aromatic heterocycles. The third-order valence-electron chi connectivity index (χ3n) is 3.94. The van der Waals surface area contributed by atoms with E-state index in [0.717, 1.165) is 23.5 Å². The van der Waals surface area contributed by atoms with E-state index in [0.29, 0.717) is 10.8 Å². The number of rotatable bonds is 6. The van der Waals surface area contributed by atoms with Gasteiger partial charge in [-0.2, -0.15) is 11.8 Å². The van der Waals surface area contributed by atoms with Crippen LogP contribution in [0.4, 0.5) is 5.69 Å². The van der Waals surface area contributed by atoms with Crippen molar-refractivity contribution in [3.63, 3.8) is 0 Å². The molecule has 0 atom stereocenters. The number of nitrogens with zero attached hydrogens (tertiary/aromatic N) is 1. The smallest absolute Gasteiger partial charge is 0.234 e. The number of carbonyl (C=O) groups excluding carboxylic acids is 1. The van der Waals surface area contributed by atoms with E-state index in [9.17, 15) is 4.79 Å². The maximum Gasteiger partial charge on any atom is 0.234 e. The molecule has 1 aromatic carbocycles. The quantitative estimate of drug-likeness (QED) is 0.788. The molecular weight excluding hydrogens is 316 g/mol. The largest absolute Gasteiger partial charge is 0.325 e. The third-order valence-corrected chi connectivity index (χ3v) is 5.28. The highest BCUT2D eigenvalue weighted by Crippen LogP contribution is 2.20. The summed E-state index contributed by atoms with van der Waals surface area (Å²) in [6.45, 7) is 5.48. The highest BCUT2D eigenvalue weighted by Gasteiger charge is 2.09. The van der Waals surface area contributed by atoms with Gasteiger partial charge in [-0.3, -0.25) is 4.79 Å². The summed E-state index contributed by atoms with van der Waals surface area (Å²) in [7, 11) is 0. The lowest BCUT2D eigenvalue weighted by Gasteiger charge is -2.19. The Balaban J connectivity index is 1.63. The Kier molecular flexibility index (Phi) is 7.56. The van der Waals surface area contributed by atoms with Crippen LogP contribution in [-0.2, 0) is 4.79 Å². The van der Waals surface area contributed by atoms with Crippen molar-refractivity contribution in [1.29, 1.82) is 0 Å². The van der Waals surface area contributed by atoms with Gasteiger partial charge in [-0.25, -0.2) is 0 Å². The first-order chi connectivity index (χ1) is 10.6. The molecule has 0 spiro atoms. The maximum absolute atomic E-state index is 11.9. The lowest BCUT2D eigenvalue weighted by atomic mass is 10.2. The molecule has 122 valence electrons. The lowest BCUT2D eigenvalue weighted by molar-refractivity contribution is -0.113. The molecule has 0 bridgehead atoms. The second kappa shape index (κ2) is 9.43. The predicted octanol–water partition coefficient (Wildman–Crippen LogP) is 4.20. The summed E-state index contributed by atoms with van der Waals surface area (Å²) in [6, 6.07) is 5.61. The highest BCUT2D eigenvalue weighted by molar-refractivity contribution is 7.99. The van der Waals surface area contributed by atoms with Crippen LogP contribution in [0, 0.1) is 6.92 Å². The van der Waals surface area contributed by atoms with Gasteiger partial charge in [0.2, 0.25) is 5.91 Å². The molecule has 1 aromatic rings. The van der Waals surface area contributed by atoms with E-state index >= 15 is 0 Å². The second-order valence-electron chi connectivity index (χ2n) is 5.82. The van der Waals surface area contributed by atoms with Crippen LogP contribution in [0.5, 0.6) is 0 Å². The van der Waals surface area contributed by atoms with Crippen molar-refractivity contribution in [1.82, 2.24) is 4.90 Å². The van der Waals surface area contributed by atoms with Gasteiger partial charge in [0.25, 0.3) is 0 Å². The first-order valence-electron chi connectivity index (χ1n) is 8.01. The summed E-state index contributed by atoms with van der Waals surface area (Å²) in [6.07, 6.45) is 5.37. The van der Waals surface area contributed by atoms with Gasteiger partial charge in [0, 0.05) is 23.0 Å². The topological polar surface area (TPSA) is 32.3 Å². The van der Waals surface area contributed by atoms with Crippen LogP contribution < -0.4 is 5.32 Å². The van der Waals surface area contributed by atoms with E-state index in [1.807, 2.05) is 19.1 Å². The van der Waals surface area contributed by atoms with Gasteiger partial charge in [-0.05, 0) is 50.6 Å². The Bertz CT molecular complexity index is 488. The van der Waals surface area contributed by atoms with Crippen molar-refractivity contribution < 1.29 is 4.79 Å². The molecule has 1 aliphatic rings. The van der Waals surface area contributed by atoms with Gasteiger partial charge in [-0.1, -0.05) is 30.5 Å². The van der Waals surface area contributed by atoms with E-state index in [4.69, 9.17) is 11.6 Å². The highest BCUT2D eigenvalue weighted by atomic mass is 35.5. The summed E-state index contributed by atoms with van der Waals surface area (Å²) in [5, 5.41) is 3.59. The molecule has 1 heterocycles. The minimum Gasteiger partial charge on any atom is -0.325 e. The second-order valence-corrected chi connectivity index (χ2v) is 7.33. The average molecular weight is 341 g/mol. The van der Waals surface area contributed by atoms with E-state index in [-0.39, 0.29) is 5.91 Å².